The molecule has 0 aromatic heterocycles. The largest absolute Gasteiger partial charge is 1.00 e. The average molecular weight is 606 g/mol. The lowest BCUT2D eigenvalue weighted by Crippen LogP contribution is -3.00. The summed E-state index contributed by atoms with van der Waals surface area (Å²) in [5, 5.41) is 7.17. The Morgan fingerprint density at radius 1 is 0.651 bits per heavy atom. The summed E-state index contributed by atoms with van der Waals surface area (Å²) >= 11 is 0. The SMILES string of the molecule is CCCCCCCCCCCCCCCCCCCCNc1cc2oc3cc(=[N+](C)C)ccc-3nc2c2ccccc12.[Cl-]. The highest BCUT2D eigenvalue weighted by molar-refractivity contribution is 6.10. The van der Waals surface area contributed by atoms with Crippen LogP contribution in [-0.2, 0) is 0 Å². The smallest absolute Gasteiger partial charge is 0.203 e. The minimum Gasteiger partial charge on any atom is -1.00 e. The second-order valence-electron chi connectivity index (χ2n) is 12.5. The number of fused-ring (bicyclic) bond motifs is 4. The van der Waals surface area contributed by atoms with Crippen molar-refractivity contribution < 1.29 is 16.8 Å². The van der Waals surface area contributed by atoms with E-state index in [4.69, 9.17) is 9.40 Å². The van der Waals surface area contributed by atoms with Crippen molar-refractivity contribution in [3.63, 3.8) is 0 Å². The van der Waals surface area contributed by atoms with Crippen LogP contribution in [0.3, 0.4) is 0 Å². The summed E-state index contributed by atoms with van der Waals surface area (Å²) in [5.74, 6) is 0.818. The number of benzene rings is 3. The quantitative estimate of drug-likeness (QED) is 0.0489. The van der Waals surface area contributed by atoms with E-state index >= 15 is 0 Å². The predicted octanol–water partition coefficient (Wildman–Crippen LogP) is 7.58. The molecule has 0 bridgehead atoms. The Bertz CT molecular complexity index is 1390. The summed E-state index contributed by atoms with van der Waals surface area (Å²) in [7, 11) is 4.09. The molecule has 0 unspecified atom stereocenters. The van der Waals surface area contributed by atoms with E-state index in [1.165, 1.54) is 121 Å². The van der Waals surface area contributed by atoms with E-state index in [0.29, 0.717) is 0 Å². The van der Waals surface area contributed by atoms with Gasteiger partial charge in [0, 0.05) is 35.1 Å². The summed E-state index contributed by atoms with van der Waals surface area (Å²) in [6.07, 6.45) is 25.3. The molecule has 0 saturated carbocycles. The van der Waals surface area contributed by atoms with Gasteiger partial charge in [-0.05, 0) is 12.5 Å². The molecule has 2 aromatic rings. The zero-order valence-corrected chi connectivity index (χ0v) is 28.0. The Balaban J connectivity index is 0.00000506. The van der Waals surface area contributed by atoms with E-state index in [1.54, 1.807) is 0 Å². The van der Waals surface area contributed by atoms with Crippen molar-refractivity contribution in [1.29, 1.82) is 0 Å². The molecule has 0 radical (unpaired) electrons. The minimum atomic E-state index is 0. The molecule has 4 rings (SSSR count). The van der Waals surface area contributed by atoms with Gasteiger partial charge in [0.1, 0.15) is 25.3 Å². The first-order valence-electron chi connectivity index (χ1n) is 17.2. The molecular weight excluding hydrogens is 550 g/mol. The highest BCUT2D eigenvalue weighted by Gasteiger charge is 2.14. The Morgan fingerprint density at radius 3 is 1.74 bits per heavy atom. The third kappa shape index (κ3) is 11.1. The van der Waals surface area contributed by atoms with Gasteiger partial charge in [-0.25, -0.2) is 9.56 Å². The van der Waals surface area contributed by atoms with Crippen LogP contribution in [0.25, 0.3) is 33.3 Å². The third-order valence-electron chi connectivity index (χ3n) is 8.74. The van der Waals surface area contributed by atoms with Crippen LogP contribution in [0, 0.1) is 0 Å². The number of nitrogens with zero attached hydrogens (tertiary/aromatic N) is 2. The second kappa shape index (κ2) is 19.6. The van der Waals surface area contributed by atoms with Gasteiger partial charge in [-0.15, -0.1) is 0 Å². The molecule has 0 saturated heterocycles. The predicted molar refractivity (Wildman–Crippen MR) is 183 cm³/mol. The van der Waals surface area contributed by atoms with Gasteiger partial charge in [-0.1, -0.05) is 140 Å². The van der Waals surface area contributed by atoms with Gasteiger partial charge in [0.05, 0.1) is 6.07 Å². The van der Waals surface area contributed by atoms with E-state index in [9.17, 15) is 0 Å². The van der Waals surface area contributed by atoms with Crippen LogP contribution in [0.1, 0.15) is 122 Å². The molecular formula is C38H56ClN3O. The molecule has 43 heavy (non-hydrogen) atoms. The van der Waals surface area contributed by atoms with E-state index in [-0.39, 0.29) is 12.4 Å². The van der Waals surface area contributed by atoms with Crippen molar-refractivity contribution in [1.82, 2.24) is 9.56 Å². The normalized spacial score (nSPS) is 11.3. The average Bonchev–Trinajstić information content (AvgIpc) is 3.01. The molecule has 5 heteroatoms. The first-order chi connectivity index (χ1) is 20.7. The Hall–Kier alpha value is -2.59. The van der Waals surface area contributed by atoms with Crippen LogP contribution >= 0.6 is 0 Å². The van der Waals surface area contributed by atoms with Gasteiger partial charge in [0.2, 0.25) is 5.36 Å². The van der Waals surface area contributed by atoms with Crippen LogP contribution in [-0.4, -0.2) is 25.6 Å². The molecule has 2 aliphatic rings. The fraction of sp³-hybridized carbons (Fsp3) is 0.579. The van der Waals surface area contributed by atoms with Crippen molar-refractivity contribution in [2.75, 3.05) is 26.0 Å². The van der Waals surface area contributed by atoms with Crippen LogP contribution in [0.5, 0.6) is 0 Å². The molecule has 2 aromatic carbocycles. The molecule has 1 aliphatic carbocycles. The lowest BCUT2D eigenvalue weighted by atomic mass is 10.0. The highest BCUT2D eigenvalue weighted by atomic mass is 35.5. The Morgan fingerprint density at radius 2 is 1.19 bits per heavy atom. The first kappa shape index (κ1) is 34.9. The molecule has 236 valence electrons. The Kier molecular flexibility index (Phi) is 15.9. The van der Waals surface area contributed by atoms with Crippen LogP contribution in [0.4, 0.5) is 5.69 Å². The van der Waals surface area contributed by atoms with Crippen molar-refractivity contribution >= 4 is 27.6 Å². The highest BCUT2D eigenvalue weighted by Crippen LogP contribution is 2.34. The maximum absolute atomic E-state index is 6.40. The van der Waals surface area contributed by atoms with Crippen molar-refractivity contribution in [3.05, 3.63) is 53.9 Å². The number of aromatic nitrogens is 1. The number of hydrogen-bond acceptors (Lipinski definition) is 3. The fourth-order valence-corrected chi connectivity index (χ4v) is 6.12. The minimum absolute atomic E-state index is 0. The fourth-order valence-electron chi connectivity index (χ4n) is 6.12. The molecule has 0 atom stereocenters. The van der Waals surface area contributed by atoms with E-state index < -0.39 is 0 Å². The monoisotopic (exact) mass is 605 g/mol. The molecule has 0 fully saturated rings. The lowest BCUT2D eigenvalue weighted by molar-refractivity contribution is -0.00000930. The maximum atomic E-state index is 6.40. The van der Waals surface area contributed by atoms with Crippen LogP contribution < -0.4 is 27.7 Å². The number of anilines is 1. The number of hydrogen-bond donors (Lipinski definition) is 1. The standard InChI is InChI=1S/C38H55N3O.ClH/c1-4-5-6-7-8-9-10-11-12-13-14-15-16-17-18-19-20-23-28-39-35-30-37-38(33-25-22-21-24-32(33)35)40-34-27-26-31(41(2)3)29-36(34)42-37;/h21-22,24-27,29-30H,4-20,23,28H2,1-3H3;1H. The van der Waals surface area contributed by atoms with Gasteiger partial charge in [-0.3, -0.25) is 0 Å². The molecule has 0 spiro atoms. The van der Waals surface area contributed by atoms with Gasteiger partial charge >= 0.3 is 0 Å². The number of halogens is 1. The topological polar surface area (TPSA) is 41.1 Å². The number of nitrogens with one attached hydrogen (secondary N) is 1. The number of rotatable bonds is 20. The van der Waals surface area contributed by atoms with Gasteiger partial charge in [0.15, 0.2) is 11.3 Å². The zero-order valence-electron chi connectivity index (χ0n) is 27.2. The van der Waals surface area contributed by atoms with E-state index in [0.717, 1.165) is 45.5 Å². The van der Waals surface area contributed by atoms with Gasteiger partial charge in [-0.2, -0.15) is 0 Å². The summed E-state index contributed by atoms with van der Waals surface area (Å²) in [5.41, 5.74) is 3.78. The van der Waals surface area contributed by atoms with Gasteiger partial charge < -0.3 is 22.1 Å². The molecule has 1 aliphatic heterocycles. The molecule has 1 heterocycles. The second-order valence-corrected chi connectivity index (χ2v) is 12.5. The van der Waals surface area contributed by atoms with Crippen LogP contribution in [0.15, 0.2) is 52.9 Å². The summed E-state index contributed by atoms with van der Waals surface area (Å²) < 4.78 is 8.49. The third-order valence-corrected chi connectivity index (χ3v) is 8.74. The van der Waals surface area contributed by atoms with Crippen molar-refractivity contribution in [2.24, 2.45) is 0 Å². The van der Waals surface area contributed by atoms with Gasteiger partial charge in [0.25, 0.3) is 0 Å². The summed E-state index contributed by atoms with van der Waals surface area (Å²) in [6.45, 7) is 3.28. The lowest BCUT2D eigenvalue weighted by Gasteiger charge is -2.13. The summed E-state index contributed by atoms with van der Waals surface area (Å²) in [4.78, 5) is 4.99. The van der Waals surface area contributed by atoms with E-state index in [2.05, 4.69) is 59.3 Å². The molecule has 0 amide bonds. The zero-order chi connectivity index (χ0) is 29.4. The van der Waals surface area contributed by atoms with Crippen molar-refractivity contribution in [2.45, 2.75) is 122 Å². The number of unbranched alkanes of at least 4 members (excludes halogenated alkanes) is 17. The molecule has 4 nitrogen and oxygen atoms in total. The maximum Gasteiger partial charge on any atom is 0.203 e. The first-order valence-corrected chi connectivity index (χ1v) is 17.2. The summed E-state index contributed by atoms with van der Waals surface area (Å²) in [6, 6.07) is 16.9. The van der Waals surface area contributed by atoms with Crippen LogP contribution in [0.2, 0.25) is 0 Å². The Labute approximate surface area is 267 Å². The molecule has 1 N–H and O–H groups in total. The van der Waals surface area contributed by atoms with Crippen molar-refractivity contribution in [3.8, 4) is 11.5 Å². The van der Waals surface area contributed by atoms with E-state index in [1.807, 2.05) is 20.2 Å².